The first-order chi connectivity index (χ1) is 8.86. The second kappa shape index (κ2) is 5.04. The minimum absolute atomic E-state index is 0.766. The SMILES string of the molecule is CNCc1ccc(N2CCc3sccc3C2)nn1. The second-order valence-electron chi connectivity index (χ2n) is 4.45. The highest BCUT2D eigenvalue weighted by Gasteiger charge is 2.18. The molecular formula is C13H16N4S. The average Bonchev–Trinajstić information content (AvgIpc) is 2.87. The van der Waals surface area contributed by atoms with Gasteiger partial charge in [0.1, 0.15) is 0 Å². The minimum Gasteiger partial charge on any atom is -0.350 e. The predicted octanol–water partition coefficient (Wildman–Crippen LogP) is 1.82. The van der Waals surface area contributed by atoms with Crippen molar-refractivity contribution in [2.75, 3.05) is 18.5 Å². The molecule has 1 aliphatic rings. The van der Waals surface area contributed by atoms with Crippen LogP contribution < -0.4 is 10.2 Å². The van der Waals surface area contributed by atoms with E-state index >= 15 is 0 Å². The fourth-order valence-corrected chi connectivity index (χ4v) is 3.13. The fourth-order valence-electron chi connectivity index (χ4n) is 2.24. The number of anilines is 1. The molecule has 2 aromatic rings. The smallest absolute Gasteiger partial charge is 0.151 e. The van der Waals surface area contributed by atoms with Gasteiger partial charge < -0.3 is 10.2 Å². The Morgan fingerprint density at radius 3 is 3.06 bits per heavy atom. The third-order valence-corrected chi connectivity index (χ3v) is 4.22. The van der Waals surface area contributed by atoms with E-state index in [9.17, 15) is 0 Å². The van der Waals surface area contributed by atoms with Crippen molar-refractivity contribution >= 4 is 17.2 Å². The lowest BCUT2D eigenvalue weighted by atomic mass is 10.1. The molecule has 0 amide bonds. The van der Waals surface area contributed by atoms with Crippen LogP contribution in [0.1, 0.15) is 16.1 Å². The van der Waals surface area contributed by atoms with Gasteiger partial charge in [0.25, 0.3) is 0 Å². The molecule has 0 aromatic carbocycles. The second-order valence-corrected chi connectivity index (χ2v) is 5.45. The molecule has 94 valence electrons. The summed E-state index contributed by atoms with van der Waals surface area (Å²) in [5.41, 5.74) is 2.42. The molecular weight excluding hydrogens is 244 g/mol. The zero-order valence-corrected chi connectivity index (χ0v) is 11.2. The molecule has 0 bridgehead atoms. The summed E-state index contributed by atoms with van der Waals surface area (Å²) < 4.78 is 0. The summed E-state index contributed by atoms with van der Waals surface area (Å²) in [6, 6.07) is 6.33. The molecule has 18 heavy (non-hydrogen) atoms. The molecule has 0 fully saturated rings. The molecule has 2 aromatic heterocycles. The minimum atomic E-state index is 0.766. The average molecular weight is 260 g/mol. The summed E-state index contributed by atoms with van der Waals surface area (Å²) in [6.45, 7) is 2.76. The Bertz CT molecular complexity index is 520. The highest BCUT2D eigenvalue weighted by Crippen LogP contribution is 2.26. The molecule has 4 nitrogen and oxygen atoms in total. The van der Waals surface area contributed by atoms with E-state index in [1.165, 1.54) is 10.4 Å². The van der Waals surface area contributed by atoms with Crippen molar-refractivity contribution < 1.29 is 0 Å². The molecule has 0 spiro atoms. The molecule has 0 unspecified atom stereocenters. The fraction of sp³-hybridized carbons (Fsp3) is 0.385. The Kier molecular flexibility index (Phi) is 3.25. The number of nitrogens with zero attached hydrogens (tertiary/aromatic N) is 3. The predicted molar refractivity (Wildman–Crippen MR) is 73.9 cm³/mol. The molecule has 3 heterocycles. The molecule has 0 aliphatic carbocycles. The Balaban J connectivity index is 1.76. The monoisotopic (exact) mass is 260 g/mol. The maximum atomic E-state index is 4.32. The number of nitrogens with one attached hydrogen (secondary N) is 1. The van der Waals surface area contributed by atoms with Crippen LogP contribution in [0.2, 0.25) is 0 Å². The first-order valence-electron chi connectivity index (χ1n) is 6.14. The topological polar surface area (TPSA) is 41.0 Å². The van der Waals surface area contributed by atoms with Crippen LogP contribution in [0, 0.1) is 0 Å². The van der Waals surface area contributed by atoms with E-state index in [0.29, 0.717) is 0 Å². The van der Waals surface area contributed by atoms with Crippen LogP contribution in [0.5, 0.6) is 0 Å². The summed E-state index contributed by atoms with van der Waals surface area (Å²) in [5.74, 6) is 0.978. The molecule has 0 radical (unpaired) electrons. The summed E-state index contributed by atoms with van der Waals surface area (Å²) in [6.07, 6.45) is 1.12. The van der Waals surface area contributed by atoms with Crippen LogP contribution >= 0.6 is 11.3 Å². The summed E-state index contributed by atoms with van der Waals surface area (Å²) in [5, 5.41) is 13.8. The van der Waals surface area contributed by atoms with Crippen molar-refractivity contribution in [3.63, 3.8) is 0 Å². The van der Waals surface area contributed by atoms with E-state index in [0.717, 1.165) is 37.6 Å². The van der Waals surface area contributed by atoms with Gasteiger partial charge in [-0.2, -0.15) is 5.10 Å². The quantitative estimate of drug-likeness (QED) is 0.914. The third-order valence-electron chi connectivity index (χ3n) is 3.20. The molecule has 3 rings (SSSR count). The van der Waals surface area contributed by atoms with E-state index in [2.05, 4.69) is 37.9 Å². The first kappa shape index (κ1) is 11.6. The van der Waals surface area contributed by atoms with Gasteiger partial charge in [-0.15, -0.1) is 16.4 Å². The maximum Gasteiger partial charge on any atom is 0.151 e. The molecule has 1 aliphatic heterocycles. The van der Waals surface area contributed by atoms with Crippen molar-refractivity contribution in [3.8, 4) is 0 Å². The van der Waals surface area contributed by atoms with Gasteiger partial charge in [-0.1, -0.05) is 0 Å². The van der Waals surface area contributed by atoms with Gasteiger partial charge in [0.2, 0.25) is 0 Å². The zero-order valence-electron chi connectivity index (χ0n) is 10.4. The lowest BCUT2D eigenvalue weighted by Crippen LogP contribution is -2.30. The van der Waals surface area contributed by atoms with Gasteiger partial charge in [-0.25, -0.2) is 0 Å². The van der Waals surface area contributed by atoms with Crippen LogP contribution in [0.15, 0.2) is 23.6 Å². The normalized spacial score (nSPS) is 14.6. The Hall–Kier alpha value is -1.46. The van der Waals surface area contributed by atoms with Gasteiger partial charge in [-0.05, 0) is 42.6 Å². The number of fused-ring (bicyclic) bond motifs is 1. The van der Waals surface area contributed by atoms with E-state index < -0.39 is 0 Å². The largest absolute Gasteiger partial charge is 0.350 e. The number of hydrogen-bond acceptors (Lipinski definition) is 5. The van der Waals surface area contributed by atoms with Crippen LogP contribution in [0.25, 0.3) is 0 Å². The van der Waals surface area contributed by atoms with Crippen LogP contribution in [0.4, 0.5) is 5.82 Å². The lowest BCUT2D eigenvalue weighted by Gasteiger charge is -2.27. The zero-order chi connectivity index (χ0) is 12.4. The van der Waals surface area contributed by atoms with Crippen LogP contribution in [0.3, 0.4) is 0 Å². The first-order valence-corrected chi connectivity index (χ1v) is 7.02. The van der Waals surface area contributed by atoms with Crippen LogP contribution in [-0.4, -0.2) is 23.8 Å². The van der Waals surface area contributed by atoms with Gasteiger partial charge in [0, 0.05) is 24.5 Å². The molecule has 0 saturated carbocycles. The van der Waals surface area contributed by atoms with Gasteiger partial charge in [0.05, 0.1) is 5.69 Å². The molecule has 1 N–H and O–H groups in total. The Morgan fingerprint density at radius 2 is 2.28 bits per heavy atom. The number of rotatable bonds is 3. The third kappa shape index (κ3) is 2.23. The highest BCUT2D eigenvalue weighted by atomic mass is 32.1. The molecule has 5 heteroatoms. The maximum absolute atomic E-state index is 4.32. The molecule has 0 saturated heterocycles. The highest BCUT2D eigenvalue weighted by molar-refractivity contribution is 7.10. The number of hydrogen-bond donors (Lipinski definition) is 1. The summed E-state index contributed by atoms with van der Waals surface area (Å²) in [4.78, 5) is 3.82. The van der Waals surface area contributed by atoms with Gasteiger partial charge in [-0.3, -0.25) is 0 Å². The van der Waals surface area contributed by atoms with Gasteiger partial charge in [0.15, 0.2) is 5.82 Å². The van der Waals surface area contributed by atoms with E-state index in [4.69, 9.17) is 0 Å². The van der Waals surface area contributed by atoms with Crippen molar-refractivity contribution in [2.24, 2.45) is 0 Å². The van der Waals surface area contributed by atoms with Gasteiger partial charge >= 0.3 is 0 Å². The lowest BCUT2D eigenvalue weighted by molar-refractivity contribution is 0.710. The van der Waals surface area contributed by atoms with Crippen molar-refractivity contribution in [1.82, 2.24) is 15.5 Å². The Labute approximate surface area is 111 Å². The molecule has 0 atom stereocenters. The van der Waals surface area contributed by atoms with Crippen molar-refractivity contribution in [1.29, 1.82) is 0 Å². The van der Waals surface area contributed by atoms with Crippen molar-refractivity contribution in [3.05, 3.63) is 39.7 Å². The van der Waals surface area contributed by atoms with E-state index in [1.807, 2.05) is 24.5 Å². The number of thiophene rings is 1. The number of aromatic nitrogens is 2. The Morgan fingerprint density at radius 1 is 1.33 bits per heavy atom. The van der Waals surface area contributed by atoms with Crippen molar-refractivity contribution in [2.45, 2.75) is 19.5 Å². The van der Waals surface area contributed by atoms with E-state index in [1.54, 1.807) is 0 Å². The van der Waals surface area contributed by atoms with Crippen LogP contribution in [-0.2, 0) is 19.5 Å². The summed E-state index contributed by atoms with van der Waals surface area (Å²) >= 11 is 1.86. The summed E-state index contributed by atoms with van der Waals surface area (Å²) in [7, 11) is 1.92. The standard InChI is InChI=1S/C13H16N4S/c1-14-8-11-2-3-13(16-15-11)17-6-4-12-10(9-17)5-7-18-12/h2-3,5,7,14H,4,6,8-9H2,1H3. The van der Waals surface area contributed by atoms with E-state index in [-0.39, 0.29) is 0 Å².